The predicted molar refractivity (Wildman–Crippen MR) is 68.8 cm³/mol. The van der Waals surface area contributed by atoms with Crippen molar-refractivity contribution in [3.8, 4) is 0 Å². The number of amides is 1. The lowest BCUT2D eigenvalue weighted by molar-refractivity contribution is -0.125. The Morgan fingerprint density at radius 3 is 2.53 bits per heavy atom. The molecule has 2 N–H and O–H groups in total. The molecule has 92 valence electrons. The van der Waals surface area contributed by atoms with Crippen molar-refractivity contribution in [2.45, 2.75) is 19.3 Å². The largest absolute Gasteiger partial charge is 0.355 e. The summed E-state index contributed by atoms with van der Waals surface area (Å²) in [6.07, 6.45) is 0. The second-order valence-electron chi connectivity index (χ2n) is 5.23. The molecule has 0 saturated carbocycles. The zero-order valence-electron chi connectivity index (χ0n) is 10.5. The molecule has 1 aliphatic heterocycles. The Morgan fingerprint density at radius 1 is 1.35 bits per heavy atom. The molecule has 0 unspecified atom stereocenters. The molecule has 1 aliphatic rings. The first kappa shape index (κ1) is 12.1. The van der Waals surface area contributed by atoms with Crippen LogP contribution in [0.1, 0.15) is 19.4 Å². The molecule has 2 rings (SSSR count). The number of hydrogen-bond acceptors (Lipinski definition) is 2. The van der Waals surface area contributed by atoms with Gasteiger partial charge in [-0.1, -0.05) is 30.3 Å². The number of carbonyl (C=O) groups excluding carboxylic acids is 1. The molecule has 3 heteroatoms. The van der Waals surface area contributed by atoms with Crippen LogP contribution in [0, 0.1) is 5.92 Å². The van der Waals surface area contributed by atoms with E-state index in [9.17, 15) is 4.79 Å². The highest BCUT2D eigenvalue weighted by atomic mass is 16.2. The smallest absolute Gasteiger partial charge is 0.230 e. The lowest BCUT2D eigenvalue weighted by Gasteiger charge is -2.30. The van der Waals surface area contributed by atoms with Gasteiger partial charge in [-0.3, -0.25) is 4.79 Å². The topological polar surface area (TPSA) is 41.1 Å². The van der Waals surface area contributed by atoms with Crippen molar-refractivity contribution in [3.05, 3.63) is 35.9 Å². The van der Waals surface area contributed by atoms with Crippen molar-refractivity contribution in [1.82, 2.24) is 10.6 Å². The first-order chi connectivity index (χ1) is 8.10. The summed E-state index contributed by atoms with van der Waals surface area (Å²) in [6, 6.07) is 9.92. The molecule has 3 nitrogen and oxygen atoms in total. The Morgan fingerprint density at radius 2 is 2.00 bits per heavy atom. The maximum absolute atomic E-state index is 12.2. The van der Waals surface area contributed by atoms with E-state index in [0.29, 0.717) is 5.92 Å². The Kier molecular flexibility index (Phi) is 3.48. The van der Waals surface area contributed by atoms with Crippen LogP contribution in [-0.4, -0.2) is 25.5 Å². The molecule has 1 heterocycles. The monoisotopic (exact) mass is 232 g/mol. The fraction of sp³-hybridized carbons (Fsp3) is 0.500. The minimum Gasteiger partial charge on any atom is -0.355 e. The van der Waals surface area contributed by atoms with Crippen LogP contribution < -0.4 is 10.6 Å². The van der Waals surface area contributed by atoms with Gasteiger partial charge >= 0.3 is 0 Å². The maximum atomic E-state index is 12.2. The third kappa shape index (κ3) is 2.67. The van der Waals surface area contributed by atoms with Crippen LogP contribution in [-0.2, 0) is 10.2 Å². The molecule has 1 amide bonds. The van der Waals surface area contributed by atoms with Gasteiger partial charge in [0.1, 0.15) is 0 Å². The average molecular weight is 232 g/mol. The van der Waals surface area contributed by atoms with Crippen LogP contribution in [0.2, 0.25) is 0 Å². The molecule has 0 atom stereocenters. The molecule has 0 spiro atoms. The summed E-state index contributed by atoms with van der Waals surface area (Å²) in [5.41, 5.74) is 0.600. The van der Waals surface area contributed by atoms with Gasteiger partial charge in [-0.2, -0.15) is 0 Å². The molecule has 0 aromatic heterocycles. The summed E-state index contributed by atoms with van der Waals surface area (Å²) in [5, 5.41) is 6.25. The molecule has 17 heavy (non-hydrogen) atoms. The summed E-state index contributed by atoms with van der Waals surface area (Å²) in [4.78, 5) is 12.2. The lowest BCUT2D eigenvalue weighted by atomic mass is 9.83. The zero-order valence-corrected chi connectivity index (χ0v) is 10.5. The number of benzene rings is 1. The quantitative estimate of drug-likeness (QED) is 0.821. The molecule has 1 saturated heterocycles. The van der Waals surface area contributed by atoms with E-state index in [2.05, 4.69) is 10.6 Å². The van der Waals surface area contributed by atoms with Crippen molar-refractivity contribution < 1.29 is 4.79 Å². The van der Waals surface area contributed by atoms with E-state index < -0.39 is 5.41 Å². The molecule has 0 aliphatic carbocycles. The van der Waals surface area contributed by atoms with Gasteiger partial charge in [-0.15, -0.1) is 0 Å². The van der Waals surface area contributed by atoms with E-state index in [1.54, 1.807) is 0 Å². The number of carbonyl (C=O) groups is 1. The van der Waals surface area contributed by atoms with Gasteiger partial charge in [0, 0.05) is 25.6 Å². The fourth-order valence-electron chi connectivity index (χ4n) is 1.94. The zero-order chi connectivity index (χ0) is 12.3. The first-order valence-electron chi connectivity index (χ1n) is 6.15. The van der Waals surface area contributed by atoms with Crippen LogP contribution in [0.3, 0.4) is 0 Å². The molecule has 1 fully saturated rings. The Balaban J connectivity index is 1.96. The number of nitrogens with one attached hydrogen (secondary N) is 2. The SMILES string of the molecule is CC(C)(C(=O)NCC1CNC1)c1ccccc1. The van der Waals surface area contributed by atoms with Gasteiger partial charge < -0.3 is 10.6 Å². The van der Waals surface area contributed by atoms with Gasteiger partial charge in [0.05, 0.1) is 5.41 Å². The van der Waals surface area contributed by atoms with Crippen LogP contribution >= 0.6 is 0 Å². The van der Waals surface area contributed by atoms with E-state index >= 15 is 0 Å². The van der Waals surface area contributed by atoms with Crippen LogP contribution in [0.5, 0.6) is 0 Å². The second-order valence-corrected chi connectivity index (χ2v) is 5.23. The molecular weight excluding hydrogens is 212 g/mol. The molecule has 1 aromatic rings. The van der Waals surface area contributed by atoms with E-state index in [-0.39, 0.29) is 5.91 Å². The molecule has 0 radical (unpaired) electrons. The third-order valence-corrected chi connectivity index (χ3v) is 3.48. The van der Waals surface area contributed by atoms with E-state index in [1.165, 1.54) is 0 Å². The minimum atomic E-state index is -0.460. The van der Waals surface area contributed by atoms with Crippen LogP contribution in [0.25, 0.3) is 0 Å². The Hall–Kier alpha value is -1.35. The molecule has 0 bridgehead atoms. The van der Waals surface area contributed by atoms with Gasteiger partial charge in [-0.25, -0.2) is 0 Å². The molecule has 1 aromatic carbocycles. The predicted octanol–water partition coefficient (Wildman–Crippen LogP) is 1.30. The van der Waals surface area contributed by atoms with Crippen molar-refractivity contribution in [3.63, 3.8) is 0 Å². The van der Waals surface area contributed by atoms with Crippen LogP contribution in [0.15, 0.2) is 30.3 Å². The highest BCUT2D eigenvalue weighted by Crippen LogP contribution is 2.22. The highest BCUT2D eigenvalue weighted by molar-refractivity contribution is 5.87. The summed E-state index contributed by atoms with van der Waals surface area (Å²) < 4.78 is 0. The average Bonchev–Trinajstić information content (AvgIpc) is 2.28. The fourth-order valence-corrected chi connectivity index (χ4v) is 1.94. The minimum absolute atomic E-state index is 0.107. The second kappa shape index (κ2) is 4.88. The van der Waals surface area contributed by atoms with Gasteiger partial charge in [0.2, 0.25) is 5.91 Å². The third-order valence-electron chi connectivity index (χ3n) is 3.48. The first-order valence-corrected chi connectivity index (χ1v) is 6.15. The standard InChI is InChI=1S/C14H20N2O/c1-14(2,12-6-4-3-5-7-12)13(17)16-10-11-8-15-9-11/h3-7,11,15H,8-10H2,1-2H3,(H,16,17). The summed E-state index contributed by atoms with van der Waals surface area (Å²) in [6.45, 7) is 6.76. The Labute approximate surface area is 103 Å². The van der Waals surface area contributed by atoms with E-state index in [0.717, 1.165) is 25.2 Å². The van der Waals surface area contributed by atoms with Gasteiger partial charge in [0.15, 0.2) is 0 Å². The van der Waals surface area contributed by atoms with Crippen molar-refractivity contribution in [1.29, 1.82) is 0 Å². The normalized spacial score (nSPS) is 16.4. The summed E-state index contributed by atoms with van der Waals surface area (Å²) >= 11 is 0. The maximum Gasteiger partial charge on any atom is 0.230 e. The van der Waals surface area contributed by atoms with Gasteiger partial charge in [0.25, 0.3) is 0 Å². The van der Waals surface area contributed by atoms with Crippen molar-refractivity contribution >= 4 is 5.91 Å². The van der Waals surface area contributed by atoms with Crippen molar-refractivity contribution in [2.24, 2.45) is 5.92 Å². The van der Waals surface area contributed by atoms with E-state index in [1.807, 2.05) is 44.2 Å². The van der Waals surface area contributed by atoms with E-state index in [4.69, 9.17) is 0 Å². The summed E-state index contributed by atoms with van der Waals surface area (Å²) in [7, 11) is 0. The number of rotatable bonds is 4. The van der Waals surface area contributed by atoms with Crippen molar-refractivity contribution in [2.75, 3.05) is 19.6 Å². The lowest BCUT2D eigenvalue weighted by Crippen LogP contribution is -2.50. The van der Waals surface area contributed by atoms with Crippen LogP contribution in [0.4, 0.5) is 0 Å². The highest BCUT2D eigenvalue weighted by Gasteiger charge is 2.30. The summed E-state index contributed by atoms with van der Waals surface area (Å²) in [5.74, 6) is 0.709. The van der Waals surface area contributed by atoms with Gasteiger partial charge in [-0.05, 0) is 19.4 Å². The number of hydrogen-bond donors (Lipinski definition) is 2. The Bertz CT molecular complexity index is 382. The molecular formula is C14H20N2O.